The molecule has 4 rings (SSSR count). The highest BCUT2D eigenvalue weighted by Gasteiger charge is 2.37. The van der Waals surface area contributed by atoms with Crippen LogP contribution in [0.3, 0.4) is 0 Å². The van der Waals surface area contributed by atoms with E-state index in [0.717, 1.165) is 42.6 Å². The second-order valence-corrected chi connectivity index (χ2v) is 7.26. The van der Waals surface area contributed by atoms with Crippen LogP contribution in [-0.4, -0.2) is 11.0 Å². The molecule has 2 aromatic heterocycles. The first-order chi connectivity index (χ1) is 16.0. The largest absolute Gasteiger partial charge is 0.464 e. The Morgan fingerprint density at radius 1 is 0.912 bits per heavy atom. The van der Waals surface area contributed by atoms with Crippen LogP contribution in [0.5, 0.6) is 0 Å². The highest BCUT2D eigenvalue weighted by atomic mass is 19.4. The molecule has 1 atom stereocenters. The van der Waals surface area contributed by atoms with Crippen LogP contribution in [0.2, 0.25) is 0 Å². The highest BCUT2D eigenvalue weighted by molar-refractivity contribution is 5.92. The van der Waals surface area contributed by atoms with Gasteiger partial charge in [0.1, 0.15) is 5.58 Å². The lowest BCUT2D eigenvalue weighted by Crippen LogP contribution is -2.35. The van der Waals surface area contributed by atoms with Gasteiger partial charge in [0.25, 0.3) is 0 Å². The molecule has 2 N–H and O–H groups in total. The zero-order valence-electron chi connectivity index (χ0n) is 17.0. The van der Waals surface area contributed by atoms with E-state index in [1.807, 2.05) is 0 Å². The molecule has 176 valence electrons. The number of carbonyl (C=O) groups excluding carboxylic acids is 1. The van der Waals surface area contributed by atoms with Crippen LogP contribution in [0, 0.1) is 0 Å². The molecule has 0 aliphatic heterocycles. The number of hydrogen-bond acceptors (Lipinski definition) is 3. The van der Waals surface area contributed by atoms with Crippen molar-refractivity contribution >= 4 is 22.7 Å². The molecule has 0 unspecified atom stereocenters. The number of nitrogens with one attached hydrogen (secondary N) is 2. The van der Waals surface area contributed by atoms with Gasteiger partial charge in [-0.05, 0) is 54.1 Å². The number of aromatic nitrogens is 1. The van der Waals surface area contributed by atoms with Crippen LogP contribution in [0.4, 0.5) is 36.8 Å². The van der Waals surface area contributed by atoms with Crippen molar-refractivity contribution in [1.82, 2.24) is 10.3 Å². The van der Waals surface area contributed by atoms with E-state index in [9.17, 15) is 31.1 Å². The minimum Gasteiger partial charge on any atom is -0.464 e. The Morgan fingerprint density at radius 3 is 2.32 bits per heavy atom. The van der Waals surface area contributed by atoms with Crippen molar-refractivity contribution in [3.05, 3.63) is 95.5 Å². The molecule has 2 heterocycles. The second kappa shape index (κ2) is 8.73. The van der Waals surface area contributed by atoms with Crippen LogP contribution in [0.1, 0.15) is 28.4 Å². The fourth-order valence-electron chi connectivity index (χ4n) is 3.40. The molecule has 11 heteroatoms. The van der Waals surface area contributed by atoms with Gasteiger partial charge in [-0.25, -0.2) is 4.79 Å². The first-order valence-corrected chi connectivity index (χ1v) is 9.76. The Labute approximate surface area is 188 Å². The van der Waals surface area contributed by atoms with Crippen molar-refractivity contribution in [3.63, 3.8) is 0 Å². The van der Waals surface area contributed by atoms with Gasteiger partial charge in [-0.1, -0.05) is 12.1 Å². The molecule has 0 aliphatic rings. The summed E-state index contributed by atoms with van der Waals surface area (Å²) in [6.45, 7) is 0. The number of carbonyl (C=O) groups is 1. The second-order valence-electron chi connectivity index (χ2n) is 7.26. The molecule has 4 aromatic rings. The molecule has 2 aromatic carbocycles. The van der Waals surface area contributed by atoms with Gasteiger partial charge in [0.05, 0.1) is 29.1 Å². The molecule has 2 amide bonds. The Hall–Kier alpha value is -4.02. The monoisotopic (exact) mass is 479 g/mol. The number of hydrogen-bond donors (Lipinski definition) is 2. The van der Waals surface area contributed by atoms with E-state index in [1.165, 1.54) is 12.3 Å². The van der Waals surface area contributed by atoms with E-state index < -0.39 is 41.2 Å². The smallest absolute Gasteiger partial charge is 0.418 e. The summed E-state index contributed by atoms with van der Waals surface area (Å²) >= 11 is 0. The number of furan rings is 1. The molecule has 0 radical (unpaired) electrons. The summed E-state index contributed by atoms with van der Waals surface area (Å²) < 4.78 is 84.9. The van der Waals surface area contributed by atoms with Crippen molar-refractivity contribution < 1.29 is 35.6 Å². The fraction of sp³-hybridized carbons (Fsp3) is 0.130. The number of nitrogens with zero attached hydrogens (tertiary/aromatic N) is 1. The Morgan fingerprint density at radius 2 is 1.65 bits per heavy atom. The lowest BCUT2D eigenvalue weighted by Gasteiger charge is -2.23. The quantitative estimate of drug-likeness (QED) is 0.317. The first-order valence-electron chi connectivity index (χ1n) is 9.76. The number of rotatable bonds is 4. The third-order valence-corrected chi connectivity index (χ3v) is 4.97. The number of amides is 2. The van der Waals surface area contributed by atoms with E-state index in [4.69, 9.17) is 4.42 Å². The lowest BCUT2D eigenvalue weighted by molar-refractivity contribution is -0.139. The molecule has 0 saturated heterocycles. The van der Waals surface area contributed by atoms with Gasteiger partial charge in [-0.2, -0.15) is 26.3 Å². The van der Waals surface area contributed by atoms with Gasteiger partial charge in [0.15, 0.2) is 0 Å². The summed E-state index contributed by atoms with van der Waals surface area (Å²) in [4.78, 5) is 16.5. The van der Waals surface area contributed by atoms with Crippen molar-refractivity contribution in [1.29, 1.82) is 0 Å². The zero-order chi connectivity index (χ0) is 24.5. The number of alkyl halides is 6. The molecule has 0 aliphatic carbocycles. The summed E-state index contributed by atoms with van der Waals surface area (Å²) in [7, 11) is 0. The van der Waals surface area contributed by atoms with Crippen molar-refractivity contribution in [2.75, 3.05) is 5.32 Å². The molecule has 0 bridgehead atoms. The third kappa shape index (κ3) is 4.98. The van der Waals surface area contributed by atoms with Crippen LogP contribution >= 0.6 is 0 Å². The molecular formula is C23H15F6N3O2. The lowest BCUT2D eigenvalue weighted by atomic mass is 9.98. The summed E-state index contributed by atoms with van der Waals surface area (Å²) in [5.74, 6) is 0. The third-order valence-electron chi connectivity index (χ3n) is 4.97. The summed E-state index contributed by atoms with van der Waals surface area (Å²) in [5.41, 5.74) is -1.79. The maximum Gasteiger partial charge on any atom is 0.418 e. The molecule has 0 saturated carbocycles. The average molecular weight is 479 g/mol. The van der Waals surface area contributed by atoms with Crippen molar-refractivity contribution in [3.8, 4) is 0 Å². The maximum atomic E-state index is 13.6. The van der Waals surface area contributed by atoms with E-state index in [2.05, 4.69) is 15.6 Å². The van der Waals surface area contributed by atoms with E-state index in [1.54, 1.807) is 18.2 Å². The number of fused-ring (bicyclic) bond motifs is 1. The predicted molar refractivity (Wildman–Crippen MR) is 111 cm³/mol. The topological polar surface area (TPSA) is 67.2 Å². The Bertz CT molecular complexity index is 1310. The van der Waals surface area contributed by atoms with Gasteiger partial charge >= 0.3 is 18.4 Å². The van der Waals surface area contributed by atoms with Crippen molar-refractivity contribution in [2.24, 2.45) is 0 Å². The SMILES string of the molecule is O=C(Nc1ccc2occc2c1)N[C@@H](c1ccc(C(F)(F)F)cc1)c1ncccc1C(F)(F)F. The number of anilines is 1. The van der Waals surface area contributed by atoms with Crippen LogP contribution in [0.25, 0.3) is 11.0 Å². The summed E-state index contributed by atoms with van der Waals surface area (Å²) in [5, 5.41) is 5.58. The fourth-order valence-corrected chi connectivity index (χ4v) is 3.40. The van der Waals surface area contributed by atoms with Crippen LogP contribution in [0.15, 0.2) is 77.5 Å². The standard InChI is InChI=1S/C23H15F6N3O2/c24-22(25,26)15-5-3-13(4-6-15)19(20-17(23(27,28)29)2-1-10-30-20)32-21(33)31-16-7-8-18-14(12-16)9-11-34-18/h1-12,19H,(H2,31,32,33)/t19-/m0/s1. The average Bonchev–Trinajstić information content (AvgIpc) is 3.24. The zero-order valence-corrected chi connectivity index (χ0v) is 17.0. The number of halogens is 6. The summed E-state index contributed by atoms with van der Waals surface area (Å²) in [6, 6.07) is 9.32. The molecule has 0 spiro atoms. The normalized spacial score (nSPS) is 13.0. The molecular weight excluding hydrogens is 464 g/mol. The van der Waals surface area contributed by atoms with Crippen LogP contribution < -0.4 is 10.6 Å². The molecule has 34 heavy (non-hydrogen) atoms. The highest BCUT2D eigenvalue weighted by Crippen LogP contribution is 2.36. The van der Waals surface area contributed by atoms with E-state index in [0.29, 0.717) is 16.7 Å². The van der Waals surface area contributed by atoms with Crippen LogP contribution in [-0.2, 0) is 12.4 Å². The van der Waals surface area contributed by atoms with Gasteiger partial charge in [-0.15, -0.1) is 0 Å². The van der Waals surface area contributed by atoms with Gasteiger partial charge in [0.2, 0.25) is 0 Å². The number of pyridine rings is 1. The minimum atomic E-state index is -4.81. The number of urea groups is 1. The van der Waals surface area contributed by atoms with Crippen molar-refractivity contribution in [2.45, 2.75) is 18.4 Å². The van der Waals surface area contributed by atoms with E-state index in [-0.39, 0.29) is 5.56 Å². The molecule has 0 fully saturated rings. The van der Waals surface area contributed by atoms with Gasteiger partial charge in [0, 0.05) is 17.3 Å². The minimum absolute atomic E-state index is 0.0161. The first kappa shape index (κ1) is 23.1. The summed E-state index contributed by atoms with van der Waals surface area (Å²) in [6.07, 6.45) is -6.88. The van der Waals surface area contributed by atoms with Gasteiger partial charge in [-0.3, -0.25) is 4.98 Å². The van der Waals surface area contributed by atoms with Gasteiger partial charge < -0.3 is 15.1 Å². The molecule has 5 nitrogen and oxygen atoms in total. The maximum absolute atomic E-state index is 13.6. The number of benzene rings is 2. The Kier molecular flexibility index (Phi) is 5.94. The predicted octanol–water partition coefficient (Wildman–Crippen LogP) is 6.78. The Balaban J connectivity index is 1.68. The van der Waals surface area contributed by atoms with E-state index >= 15 is 0 Å².